The summed E-state index contributed by atoms with van der Waals surface area (Å²) in [6.07, 6.45) is 3.39. The largest absolute Gasteiger partial charge is 0.246 e. The Balaban J connectivity index is 1.45. The molecular weight excluding hydrogens is 609 g/mol. The van der Waals surface area contributed by atoms with Gasteiger partial charge in [0.05, 0.1) is 0 Å². The number of nitriles is 2. The molecule has 0 bridgehead atoms. The number of aromatic nitrogens is 2. The lowest BCUT2D eigenvalue weighted by molar-refractivity contribution is 1.26. The van der Waals surface area contributed by atoms with Gasteiger partial charge in [0, 0.05) is 12.4 Å². The number of benzene rings is 7. The van der Waals surface area contributed by atoms with Gasteiger partial charge < -0.3 is 0 Å². The summed E-state index contributed by atoms with van der Waals surface area (Å²) < 4.78 is 0. The van der Waals surface area contributed by atoms with Gasteiger partial charge in [0.1, 0.15) is 23.5 Å². The predicted molar refractivity (Wildman–Crippen MR) is 203 cm³/mol. The van der Waals surface area contributed by atoms with Crippen LogP contribution in [0.25, 0.3) is 87.6 Å². The lowest BCUT2D eigenvalue weighted by Crippen LogP contribution is -1.94. The fraction of sp³-hybridized carbons (Fsp3) is 0. The molecule has 0 radical (unpaired) electrons. The van der Waals surface area contributed by atoms with Crippen LogP contribution in [0, 0.1) is 22.7 Å². The Morgan fingerprint density at radius 3 is 1.12 bits per heavy atom. The number of fused-ring (bicyclic) bond motifs is 7. The summed E-state index contributed by atoms with van der Waals surface area (Å²) in [7, 11) is 0. The van der Waals surface area contributed by atoms with Gasteiger partial charge in [-0.15, -0.1) is 0 Å². The van der Waals surface area contributed by atoms with E-state index in [-0.39, 0.29) is 0 Å². The van der Waals surface area contributed by atoms with Crippen molar-refractivity contribution in [1.29, 1.82) is 10.5 Å². The molecule has 0 N–H and O–H groups in total. The van der Waals surface area contributed by atoms with Gasteiger partial charge in [0.2, 0.25) is 0 Å². The third kappa shape index (κ3) is 4.67. The molecule has 4 heteroatoms. The van der Waals surface area contributed by atoms with Crippen LogP contribution in [0.1, 0.15) is 11.4 Å². The fourth-order valence-electron chi connectivity index (χ4n) is 7.50. The van der Waals surface area contributed by atoms with E-state index in [9.17, 15) is 10.5 Å². The lowest BCUT2D eigenvalue weighted by atomic mass is 9.81. The first-order chi connectivity index (χ1) is 24.7. The molecule has 4 nitrogen and oxygen atoms in total. The van der Waals surface area contributed by atoms with E-state index in [0.29, 0.717) is 11.4 Å². The van der Waals surface area contributed by atoms with Crippen molar-refractivity contribution in [2.45, 2.75) is 0 Å². The van der Waals surface area contributed by atoms with Gasteiger partial charge in [0.15, 0.2) is 0 Å². The number of rotatable bonds is 4. The van der Waals surface area contributed by atoms with E-state index in [2.05, 4.69) is 143 Å². The van der Waals surface area contributed by atoms with Crippen molar-refractivity contribution in [3.63, 3.8) is 0 Å². The van der Waals surface area contributed by atoms with Crippen molar-refractivity contribution in [2.75, 3.05) is 0 Å². The van der Waals surface area contributed by atoms with Crippen LogP contribution in [0.4, 0.5) is 0 Å². The Bertz CT molecular complexity index is 2710. The number of nitrogens with zero attached hydrogens (tertiary/aromatic N) is 4. The fourth-order valence-corrected chi connectivity index (χ4v) is 7.50. The van der Waals surface area contributed by atoms with Crippen LogP contribution >= 0.6 is 0 Å². The van der Waals surface area contributed by atoms with E-state index < -0.39 is 0 Å². The van der Waals surface area contributed by atoms with Gasteiger partial charge in [-0.2, -0.15) is 10.5 Å². The first kappa shape index (κ1) is 29.0. The summed E-state index contributed by atoms with van der Waals surface area (Å²) in [4.78, 5) is 8.41. The normalized spacial score (nSPS) is 11.2. The average molecular weight is 635 g/mol. The molecule has 0 spiro atoms. The molecule has 0 saturated carbocycles. The van der Waals surface area contributed by atoms with Gasteiger partial charge >= 0.3 is 0 Å². The third-order valence-electron chi connectivity index (χ3n) is 9.62. The highest BCUT2D eigenvalue weighted by Crippen LogP contribution is 2.50. The van der Waals surface area contributed by atoms with Crippen LogP contribution in [-0.4, -0.2) is 9.97 Å². The Hall–Kier alpha value is -7.14. The minimum absolute atomic E-state index is 0.392. The van der Waals surface area contributed by atoms with E-state index in [1.807, 2.05) is 24.3 Å². The molecule has 0 saturated heterocycles. The molecule has 50 heavy (non-hydrogen) atoms. The molecule has 0 atom stereocenters. The van der Waals surface area contributed by atoms with Gasteiger partial charge in [0.25, 0.3) is 0 Å². The van der Waals surface area contributed by atoms with Crippen molar-refractivity contribution < 1.29 is 0 Å². The zero-order valence-electron chi connectivity index (χ0n) is 26.8. The molecule has 9 rings (SSSR count). The molecule has 2 heterocycles. The lowest BCUT2D eigenvalue weighted by Gasteiger charge is -2.22. The molecule has 230 valence electrons. The van der Waals surface area contributed by atoms with Crippen LogP contribution in [0.5, 0.6) is 0 Å². The van der Waals surface area contributed by atoms with E-state index in [1.165, 1.54) is 43.4 Å². The minimum atomic E-state index is 0.392. The molecule has 0 aliphatic heterocycles. The summed E-state index contributed by atoms with van der Waals surface area (Å²) in [5, 5.41) is 28.6. The van der Waals surface area contributed by atoms with Crippen LogP contribution < -0.4 is 0 Å². The summed E-state index contributed by atoms with van der Waals surface area (Å²) in [6.45, 7) is 0. The maximum atomic E-state index is 9.56. The smallest absolute Gasteiger partial charge is 0.141 e. The van der Waals surface area contributed by atoms with E-state index in [1.54, 1.807) is 12.4 Å². The first-order valence-electron chi connectivity index (χ1n) is 16.4. The minimum Gasteiger partial charge on any atom is -0.246 e. The second-order valence-electron chi connectivity index (χ2n) is 12.4. The molecule has 0 amide bonds. The standard InChI is InChI=1S/C46H26N4/c47-27-35-25-31(19-21-49-35)29-9-7-11-33(23-29)43-41-17-5-6-18-42(41)44(34-12-8-10-30(24-34)32-20-22-50-36(26-32)28-48)46-40-16-4-2-14-38(40)37-13-1-3-15-39(37)45(43)46/h1-26H. The van der Waals surface area contributed by atoms with Gasteiger partial charge in [-0.3, -0.25) is 0 Å². The van der Waals surface area contributed by atoms with Crippen LogP contribution in [0.3, 0.4) is 0 Å². The Kier molecular flexibility index (Phi) is 6.87. The van der Waals surface area contributed by atoms with Crippen LogP contribution in [-0.2, 0) is 0 Å². The SMILES string of the molecule is N#Cc1cc(-c2cccc(-c3c4ccccc4c(-c4cccc(-c5ccnc(C#N)c5)c4)c4c5ccccc5c5ccccc5c34)c2)ccn1. The Labute approximate surface area is 288 Å². The van der Waals surface area contributed by atoms with Crippen molar-refractivity contribution in [2.24, 2.45) is 0 Å². The molecule has 0 aliphatic carbocycles. The second-order valence-corrected chi connectivity index (χ2v) is 12.4. The Morgan fingerprint density at radius 2 is 0.700 bits per heavy atom. The van der Waals surface area contributed by atoms with Crippen molar-refractivity contribution >= 4 is 43.1 Å². The highest BCUT2D eigenvalue weighted by molar-refractivity contribution is 6.36. The van der Waals surface area contributed by atoms with E-state index in [0.717, 1.165) is 44.2 Å². The number of hydrogen-bond donors (Lipinski definition) is 0. The summed E-state index contributed by atoms with van der Waals surface area (Å²) >= 11 is 0. The summed E-state index contributed by atoms with van der Waals surface area (Å²) in [5.74, 6) is 0. The highest BCUT2D eigenvalue weighted by atomic mass is 14.7. The van der Waals surface area contributed by atoms with E-state index >= 15 is 0 Å². The molecule has 7 aromatic carbocycles. The quantitative estimate of drug-likeness (QED) is 0.143. The maximum absolute atomic E-state index is 9.56. The van der Waals surface area contributed by atoms with Gasteiger partial charge in [-0.05, 0) is 124 Å². The number of hydrogen-bond acceptors (Lipinski definition) is 4. The molecule has 9 aromatic rings. The monoisotopic (exact) mass is 634 g/mol. The van der Waals surface area contributed by atoms with Crippen molar-refractivity contribution in [3.05, 3.63) is 169 Å². The van der Waals surface area contributed by atoms with Crippen LogP contribution in [0.15, 0.2) is 158 Å². The van der Waals surface area contributed by atoms with Crippen molar-refractivity contribution in [1.82, 2.24) is 9.97 Å². The molecule has 0 aliphatic rings. The van der Waals surface area contributed by atoms with Gasteiger partial charge in [-0.1, -0.05) is 109 Å². The Morgan fingerprint density at radius 1 is 0.340 bits per heavy atom. The first-order valence-corrected chi connectivity index (χ1v) is 16.4. The van der Waals surface area contributed by atoms with Crippen molar-refractivity contribution in [3.8, 4) is 56.6 Å². The predicted octanol–water partition coefficient (Wildman–Crippen LogP) is 11.5. The average Bonchev–Trinajstić information content (AvgIpc) is 3.20. The molecule has 0 fully saturated rings. The highest BCUT2D eigenvalue weighted by Gasteiger charge is 2.22. The van der Waals surface area contributed by atoms with Gasteiger partial charge in [-0.25, -0.2) is 9.97 Å². The maximum Gasteiger partial charge on any atom is 0.141 e. The number of pyridine rings is 2. The van der Waals surface area contributed by atoms with E-state index in [4.69, 9.17) is 0 Å². The molecule has 0 unspecified atom stereocenters. The van der Waals surface area contributed by atoms with Crippen LogP contribution in [0.2, 0.25) is 0 Å². The second kappa shape index (κ2) is 11.8. The zero-order chi connectivity index (χ0) is 33.6. The topological polar surface area (TPSA) is 73.4 Å². The molecular formula is C46H26N4. The third-order valence-corrected chi connectivity index (χ3v) is 9.62. The molecule has 2 aromatic heterocycles. The zero-order valence-corrected chi connectivity index (χ0v) is 26.8. The summed E-state index contributed by atoms with van der Waals surface area (Å²) in [5.41, 5.74) is 9.26. The summed E-state index contributed by atoms with van der Waals surface area (Å²) in [6, 6.07) is 55.3.